The van der Waals surface area contributed by atoms with Crippen LogP contribution in [-0.4, -0.2) is 132 Å². The van der Waals surface area contributed by atoms with E-state index in [0.29, 0.717) is 56.1 Å². The van der Waals surface area contributed by atoms with Gasteiger partial charge >= 0.3 is 37.7 Å². The number of hydrogen-bond acceptors (Lipinski definition) is 10. The summed E-state index contributed by atoms with van der Waals surface area (Å²) in [6.45, 7) is 8.45. The second kappa shape index (κ2) is 34.7. The van der Waals surface area contributed by atoms with E-state index in [1.54, 1.807) is 48.5 Å². The first kappa shape index (κ1) is 72.9. The molecule has 12 N–H and O–H groups in total. The quantitative estimate of drug-likeness (QED) is 0.0333. The molecule has 0 unspecified atom stereocenters. The van der Waals surface area contributed by atoms with Crippen LogP contribution in [-0.2, 0) is 22.7 Å². The number of nitrogens with one attached hydrogen (secondary N) is 2. The van der Waals surface area contributed by atoms with E-state index in [9.17, 15) is 58.6 Å². The van der Waals surface area contributed by atoms with Crippen molar-refractivity contribution < 1.29 is 75.0 Å². The van der Waals surface area contributed by atoms with Gasteiger partial charge in [-0.2, -0.15) is 0 Å². The van der Waals surface area contributed by atoms with E-state index in [0.717, 1.165) is 22.5 Å². The number of anilines is 2. The number of aromatic nitrogens is 2. The summed E-state index contributed by atoms with van der Waals surface area (Å²) in [6, 6.07) is 49.4. The van der Waals surface area contributed by atoms with Crippen LogP contribution in [0, 0.1) is 11.6 Å². The monoisotopic (exact) mass is 1210 g/mol. The van der Waals surface area contributed by atoms with Crippen molar-refractivity contribution in [1.82, 2.24) is 9.13 Å². The van der Waals surface area contributed by atoms with Crippen molar-refractivity contribution in [2.24, 2.45) is 0 Å². The van der Waals surface area contributed by atoms with E-state index >= 15 is 0 Å². The van der Waals surface area contributed by atoms with Gasteiger partial charge in [-0.25, -0.2) is 8.78 Å². The Hall–Kier alpha value is -7.40. The van der Waals surface area contributed by atoms with E-state index < -0.39 is 60.8 Å². The Kier molecular flexibility index (Phi) is 29.4. The molecule has 20 heteroatoms. The van der Waals surface area contributed by atoms with Crippen molar-refractivity contribution in [3.05, 3.63) is 204 Å². The Morgan fingerprint density at radius 2 is 0.733 bits per heavy atom. The van der Waals surface area contributed by atoms with E-state index in [-0.39, 0.29) is 117 Å². The molecule has 0 bridgehead atoms. The van der Waals surface area contributed by atoms with Gasteiger partial charge in [0.25, 0.3) is 11.8 Å². The zero-order valence-electron chi connectivity index (χ0n) is 48.4. The first-order chi connectivity index (χ1) is 39.3. The van der Waals surface area contributed by atoms with Crippen molar-refractivity contribution in [2.75, 3.05) is 10.6 Å². The van der Waals surface area contributed by atoms with Gasteiger partial charge in [0.15, 0.2) is 0 Å². The molecule has 0 fully saturated rings. The van der Waals surface area contributed by atoms with Gasteiger partial charge in [-0.05, 0) is 133 Å². The van der Waals surface area contributed by atoms with Gasteiger partial charge in [0.2, 0.25) is 0 Å². The molecule has 2 heterocycles. The average Bonchev–Trinajstić information content (AvgIpc) is 1.82. The fourth-order valence-corrected chi connectivity index (χ4v) is 10.4. The van der Waals surface area contributed by atoms with Crippen LogP contribution in [0.2, 0.25) is 0 Å². The summed E-state index contributed by atoms with van der Waals surface area (Å²) >= 11 is 0. The fourth-order valence-electron chi connectivity index (χ4n) is 10.4. The Bertz CT molecular complexity index is 3180. The number of amides is 2. The van der Waals surface area contributed by atoms with Gasteiger partial charge in [0.05, 0.1) is 46.9 Å². The summed E-state index contributed by atoms with van der Waals surface area (Å²) in [6.07, 6.45) is -5.54. The zero-order valence-corrected chi connectivity index (χ0v) is 50.6. The molecule has 0 saturated heterocycles. The summed E-state index contributed by atoms with van der Waals surface area (Å²) < 4.78 is 32.0. The Morgan fingerprint density at radius 3 is 1.01 bits per heavy atom. The van der Waals surface area contributed by atoms with E-state index in [4.69, 9.17) is 0 Å². The molecule has 0 aliphatic rings. The third-order valence-corrected chi connectivity index (χ3v) is 13.8. The zero-order chi connectivity index (χ0) is 59.0. The molecule has 0 aliphatic carbocycles. The molecule has 0 saturated carbocycles. The molecular weight excluding hydrogens is 1130 g/mol. The minimum atomic E-state index is -1.39. The molecule has 17 nitrogen and oxygen atoms in total. The number of carbonyl (C=O) groups excluding carboxylic acids is 4. The van der Waals surface area contributed by atoms with E-state index in [1.807, 2.05) is 134 Å². The van der Waals surface area contributed by atoms with Gasteiger partial charge in [0.1, 0.15) is 11.6 Å². The number of aliphatic hydroxyl groups is 4. The number of nitrogens with zero attached hydrogens (tertiary/aromatic N) is 2. The molecule has 8 rings (SSSR count). The van der Waals surface area contributed by atoms with Crippen molar-refractivity contribution >= 4 is 72.9 Å². The Balaban J connectivity index is 0.000000430. The molecule has 452 valence electrons. The number of aliphatic carboxylic acids is 2. The predicted octanol–water partition coefficient (Wildman–Crippen LogP) is 7.10. The summed E-state index contributed by atoms with van der Waals surface area (Å²) in [7, 11) is 0. The minimum Gasteiger partial charge on any atom is -0.550 e. The third-order valence-electron chi connectivity index (χ3n) is 13.8. The number of halogens is 2. The number of carbonyl (C=O) groups is 4. The van der Waals surface area contributed by atoms with Gasteiger partial charge in [-0.3, -0.25) is 9.59 Å². The van der Waals surface area contributed by atoms with Crippen LogP contribution in [0.3, 0.4) is 0 Å². The number of aliphatic hydroxyl groups excluding tert-OH is 4. The average molecular weight is 1210 g/mol. The number of rotatable bonds is 24. The molecule has 2 amide bonds. The smallest absolute Gasteiger partial charge is 0.550 e. The minimum absolute atomic E-state index is 0. The van der Waals surface area contributed by atoms with Crippen LogP contribution in [0.15, 0.2) is 170 Å². The first-order valence-corrected chi connectivity index (χ1v) is 27.3. The van der Waals surface area contributed by atoms with Crippen molar-refractivity contribution in [1.29, 1.82) is 0 Å². The van der Waals surface area contributed by atoms with Crippen LogP contribution >= 0.6 is 0 Å². The van der Waals surface area contributed by atoms with Crippen LogP contribution in [0.4, 0.5) is 20.2 Å². The van der Waals surface area contributed by atoms with Crippen molar-refractivity contribution in [3.63, 3.8) is 0 Å². The molecule has 4 atom stereocenters. The van der Waals surface area contributed by atoms with Crippen LogP contribution < -0.4 is 20.8 Å². The Morgan fingerprint density at radius 1 is 0.442 bits per heavy atom. The van der Waals surface area contributed by atoms with E-state index in [1.165, 1.54) is 24.3 Å². The summed E-state index contributed by atoms with van der Waals surface area (Å²) in [5, 5.41) is 69.2. The fraction of sp³-hybridized carbons (Fsp3) is 0.273. The maximum absolute atomic E-state index is 14.0. The Labute approximate surface area is 528 Å². The molecule has 86 heavy (non-hydrogen) atoms. The molecule has 0 aliphatic heterocycles. The van der Waals surface area contributed by atoms with Gasteiger partial charge in [0, 0.05) is 71.8 Å². The topological polar surface area (TPSA) is 324 Å². The van der Waals surface area contributed by atoms with Gasteiger partial charge in [-0.15, -0.1) is 0 Å². The second-order valence-electron chi connectivity index (χ2n) is 20.8. The number of carboxylic acid groups (broad SMARTS) is 2. The number of hydrogen-bond donors (Lipinski definition) is 6. The molecule has 8 aromatic rings. The first-order valence-electron chi connectivity index (χ1n) is 27.3. The van der Waals surface area contributed by atoms with Gasteiger partial charge in [-0.1, -0.05) is 125 Å². The van der Waals surface area contributed by atoms with Crippen LogP contribution in [0.5, 0.6) is 0 Å². The maximum atomic E-state index is 14.0. The predicted molar refractivity (Wildman–Crippen MR) is 326 cm³/mol. The second-order valence-corrected chi connectivity index (χ2v) is 20.8. The van der Waals surface area contributed by atoms with Crippen molar-refractivity contribution in [2.45, 2.75) is 116 Å². The van der Waals surface area contributed by atoms with Crippen LogP contribution in [0.25, 0.3) is 44.8 Å². The maximum Gasteiger partial charge on any atom is 2.00 e. The summed E-state index contributed by atoms with van der Waals surface area (Å²) in [4.78, 5) is 49.8. The number of para-hydroxylation sites is 2. The largest absolute Gasteiger partial charge is 2.00 e. The third kappa shape index (κ3) is 19.3. The standard InChI is InChI=1S/2C33H35FN2O5.Ca.3H2O/c2*1-21(2)31-30(33(41)35-25-11-7-4-8-12-25)29(22-9-5-3-6-10-22)32(23-13-15-24(34)16-14-23)36(31)18-17-26(37)19-27(38)20-28(39)40;;;;/h2*3-16,21,26-27,37-38H,17-20H2,1-2H3,(H,35,41)(H,39,40);;3*1H2/q;;+2;;;/p-2/t2*26-,27-;;;;/m11..../s1. The molecule has 0 spiro atoms. The molecular formula is C66H74CaF2N4O13. The molecule has 6 aromatic carbocycles. The summed E-state index contributed by atoms with van der Waals surface area (Å²) in [5.74, 6) is -4.41. The molecule has 2 aromatic heterocycles. The summed E-state index contributed by atoms with van der Waals surface area (Å²) in [5.41, 5.74) is 9.43. The van der Waals surface area contributed by atoms with Gasteiger partial charge < -0.3 is 76.4 Å². The van der Waals surface area contributed by atoms with E-state index in [2.05, 4.69) is 10.6 Å². The van der Waals surface area contributed by atoms with Crippen molar-refractivity contribution in [3.8, 4) is 44.8 Å². The normalized spacial score (nSPS) is 12.1. The van der Waals surface area contributed by atoms with Crippen LogP contribution in [0.1, 0.15) is 110 Å². The SMILES string of the molecule is CC(C)c1c(C(=O)Nc2ccccc2)c(-c2ccccc2)c(-c2ccc(F)cc2)n1CC[C@@H](O)C[C@@H](O)CC(=O)[O-].CC(C)c1c(C(=O)Nc2ccccc2)c(-c2ccccc2)c(-c2ccc(F)cc2)n1CC[C@@H](O)C[C@@H](O)CC(=O)[O-].O.O.O.[Ca+2]. The number of benzene rings is 6. The molecule has 0 radical (unpaired) electrons. The number of carboxylic acids is 2.